The van der Waals surface area contributed by atoms with Crippen LogP contribution in [0.15, 0.2) is 47.5 Å². The number of rotatable bonds is 5. The highest BCUT2D eigenvalue weighted by Gasteiger charge is 2.17. The van der Waals surface area contributed by atoms with Gasteiger partial charge in [0, 0.05) is 31.1 Å². The van der Waals surface area contributed by atoms with Crippen LogP contribution in [0.25, 0.3) is 0 Å². The van der Waals surface area contributed by atoms with Crippen LogP contribution in [0.4, 0.5) is 5.69 Å². The fourth-order valence-corrected chi connectivity index (χ4v) is 3.97. The summed E-state index contributed by atoms with van der Waals surface area (Å²) in [6, 6.07) is 14.2. The summed E-state index contributed by atoms with van der Waals surface area (Å²) in [5, 5.41) is 15.5. The van der Waals surface area contributed by atoms with E-state index in [4.69, 9.17) is 14.5 Å². The average molecular weight is 560 g/mol. The highest BCUT2D eigenvalue weighted by molar-refractivity contribution is 14.0. The van der Waals surface area contributed by atoms with Gasteiger partial charge in [-0.25, -0.2) is 4.99 Å². The number of nitrogens with zero attached hydrogens (tertiary/aromatic N) is 4. The zero-order chi connectivity index (χ0) is 21.8. The predicted molar refractivity (Wildman–Crippen MR) is 139 cm³/mol. The molecule has 0 saturated carbocycles. The second kappa shape index (κ2) is 10.9. The summed E-state index contributed by atoms with van der Waals surface area (Å²) < 4.78 is 13.8. The molecule has 0 radical (unpaired) electrons. The summed E-state index contributed by atoms with van der Waals surface area (Å²) in [6.07, 6.45) is 3.00. The van der Waals surface area contributed by atoms with E-state index in [1.165, 1.54) is 11.1 Å². The monoisotopic (exact) mass is 560 g/mol. The third kappa shape index (κ3) is 5.58. The number of nitrogens with one attached hydrogen (secondary N) is 2. The Morgan fingerprint density at radius 1 is 1.06 bits per heavy atom. The predicted octanol–water partition coefficient (Wildman–Crippen LogP) is 4.07. The third-order valence-corrected chi connectivity index (χ3v) is 5.78. The van der Waals surface area contributed by atoms with Crippen molar-refractivity contribution in [3.05, 3.63) is 65.2 Å². The lowest BCUT2D eigenvalue weighted by atomic mass is 10.1. The van der Waals surface area contributed by atoms with Gasteiger partial charge in [-0.05, 0) is 36.6 Å². The zero-order valence-electron chi connectivity index (χ0n) is 18.7. The van der Waals surface area contributed by atoms with Gasteiger partial charge in [0.25, 0.3) is 0 Å². The lowest BCUT2D eigenvalue weighted by Crippen LogP contribution is -2.31. The normalized spacial score (nSPS) is 14.8. The molecular weight excluding hydrogens is 531 g/mol. The van der Waals surface area contributed by atoms with E-state index in [0.29, 0.717) is 32.3 Å². The molecule has 5 rings (SSSR count). The van der Waals surface area contributed by atoms with Gasteiger partial charge in [-0.2, -0.15) is 0 Å². The van der Waals surface area contributed by atoms with Crippen molar-refractivity contribution in [1.29, 1.82) is 0 Å². The molecule has 0 unspecified atom stereocenters. The third-order valence-electron chi connectivity index (χ3n) is 5.78. The first-order valence-corrected chi connectivity index (χ1v) is 11.2. The molecule has 2 aromatic carbocycles. The van der Waals surface area contributed by atoms with Crippen molar-refractivity contribution in [3.63, 3.8) is 0 Å². The van der Waals surface area contributed by atoms with Gasteiger partial charge in [-0.15, -0.1) is 34.2 Å². The number of halogens is 1. The van der Waals surface area contributed by atoms with E-state index in [0.717, 1.165) is 54.6 Å². The summed E-state index contributed by atoms with van der Waals surface area (Å²) in [7, 11) is 0. The van der Waals surface area contributed by atoms with E-state index in [9.17, 15) is 0 Å². The van der Waals surface area contributed by atoms with Crippen LogP contribution in [0, 0.1) is 6.92 Å². The molecule has 0 aliphatic carbocycles. The summed E-state index contributed by atoms with van der Waals surface area (Å²) in [4.78, 5) is 4.84. The first kappa shape index (κ1) is 23.3. The van der Waals surface area contributed by atoms with Crippen molar-refractivity contribution in [3.8, 4) is 11.5 Å². The van der Waals surface area contributed by atoms with Gasteiger partial charge in [0.1, 0.15) is 5.82 Å². The Hall–Kier alpha value is -2.82. The van der Waals surface area contributed by atoms with Crippen molar-refractivity contribution in [2.24, 2.45) is 4.99 Å². The Morgan fingerprint density at radius 3 is 2.79 bits per heavy atom. The van der Waals surface area contributed by atoms with Crippen LogP contribution in [0.5, 0.6) is 11.5 Å². The van der Waals surface area contributed by atoms with Crippen LogP contribution in [-0.2, 0) is 26.1 Å². The van der Waals surface area contributed by atoms with Gasteiger partial charge in [-0.1, -0.05) is 24.3 Å². The molecule has 0 bridgehead atoms. The van der Waals surface area contributed by atoms with Crippen LogP contribution >= 0.6 is 24.0 Å². The quantitative estimate of drug-likeness (QED) is 0.278. The molecule has 0 saturated heterocycles. The number of aromatic nitrogens is 3. The Morgan fingerprint density at radius 2 is 1.91 bits per heavy atom. The molecule has 0 amide bonds. The number of anilines is 1. The van der Waals surface area contributed by atoms with Crippen molar-refractivity contribution in [1.82, 2.24) is 20.1 Å². The van der Waals surface area contributed by atoms with Crippen LogP contribution < -0.4 is 20.1 Å². The summed E-state index contributed by atoms with van der Waals surface area (Å²) >= 11 is 0. The zero-order valence-corrected chi connectivity index (χ0v) is 21.0. The van der Waals surface area contributed by atoms with Crippen molar-refractivity contribution in [2.45, 2.75) is 45.8 Å². The van der Waals surface area contributed by atoms with Crippen molar-refractivity contribution >= 4 is 35.6 Å². The molecular formula is C24H29IN6O2. The topological polar surface area (TPSA) is 85.6 Å². The Labute approximate surface area is 210 Å². The maximum absolute atomic E-state index is 5.84. The molecule has 0 fully saturated rings. The SMILES string of the molecule is Cc1ccccc1CN=C(NCc1nnc2n1CCC2)Nc1ccc2c(c1)OCCCO2.I. The van der Waals surface area contributed by atoms with E-state index >= 15 is 0 Å². The largest absolute Gasteiger partial charge is 0.490 e. The number of guanidine groups is 1. The van der Waals surface area contributed by atoms with Crippen molar-refractivity contribution < 1.29 is 9.47 Å². The van der Waals surface area contributed by atoms with Gasteiger partial charge in [0.05, 0.1) is 26.3 Å². The summed E-state index contributed by atoms with van der Waals surface area (Å²) in [6.45, 7) is 5.54. The first-order valence-electron chi connectivity index (χ1n) is 11.2. The molecule has 174 valence electrons. The van der Waals surface area contributed by atoms with E-state index in [2.05, 4.69) is 44.5 Å². The maximum atomic E-state index is 5.84. The number of fused-ring (bicyclic) bond motifs is 2. The number of ether oxygens (including phenoxy) is 2. The van der Waals surface area contributed by atoms with Crippen LogP contribution in [-0.4, -0.2) is 33.9 Å². The number of hydrogen-bond donors (Lipinski definition) is 2. The highest BCUT2D eigenvalue weighted by atomic mass is 127. The molecule has 2 aliphatic heterocycles. The van der Waals surface area contributed by atoms with Gasteiger partial charge in [0.2, 0.25) is 0 Å². The minimum atomic E-state index is 0. The number of hydrogen-bond acceptors (Lipinski definition) is 5. The molecule has 8 nitrogen and oxygen atoms in total. The Kier molecular flexibility index (Phi) is 7.69. The molecule has 3 heterocycles. The van der Waals surface area contributed by atoms with Crippen molar-refractivity contribution in [2.75, 3.05) is 18.5 Å². The fraction of sp³-hybridized carbons (Fsp3) is 0.375. The second-order valence-electron chi connectivity index (χ2n) is 8.07. The van der Waals surface area contributed by atoms with Crippen LogP contribution in [0.3, 0.4) is 0 Å². The molecule has 3 aromatic rings. The second-order valence-corrected chi connectivity index (χ2v) is 8.07. The van der Waals surface area contributed by atoms with E-state index in [1.54, 1.807) is 0 Å². The molecule has 9 heteroatoms. The van der Waals surface area contributed by atoms with E-state index in [-0.39, 0.29) is 24.0 Å². The molecule has 33 heavy (non-hydrogen) atoms. The van der Waals surface area contributed by atoms with Gasteiger partial charge < -0.3 is 24.7 Å². The number of aliphatic imine (C=N–C) groups is 1. The standard InChI is InChI=1S/C24H28N6O2.HI/c1-17-6-2-3-7-18(17)15-25-24(26-16-23-29-28-22-8-4-11-30(22)23)27-19-9-10-20-21(14-19)32-13-5-12-31-20;/h2-3,6-7,9-10,14H,4-5,8,11-13,15-16H2,1H3,(H2,25,26,27);1H. The van der Waals surface area contributed by atoms with Gasteiger partial charge >= 0.3 is 0 Å². The van der Waals surface area contributed by atoms with Crippen LogP contribution in [0.2, 0.25) is 0 Å². The van der Waals surface area contributed by atoms with Gasteiger partial charge in [-0.3, -0.25) is 0 Å². The first-order chi connectivity index (χ1) is 15.8. The molecule has 0 spiro atoms. The Balaban J connectivity index is 0.00000259. The lowest BCUT2D eigenvalue weighted by molar-refractivity contribution is 0.297. The minimum Gasteiger partial charge on any atom is -0.490 e. The smallest absolute Gasteiger partial charge is 0.196 e. The summed E-state index contributed by atoms with van der Waals surface area (Å²) in [5.41, 5.74) is 3.30. The molecule has 2 aliphatic rings. The maximum Gasteiger partial charge on any atom is 0.196 e. The lowest BCUT2D eigenvalue weighted by Gasteiger charge is -2.15. The average Bonchev–Trinajstić information content (AvgIpc) is 3.34. The highest BCUT2D eigenvalue weighted by Crippen LogP contribution is 2.32. The summed E-state index contributed by atoms with van der Waals surface area (Å²) in [5.74, 6) is 4.20. The Bertz CT molecular complexity index is 1130. The number of aryl methyl sites for hydroxylation is 2. The number of benzene rings is 2. The molecule has 1 aromatic heterocycles. The molecule has 0 atom stereocenters. The fourth-order valence-electron chi connectivity index (χ4n) is 3.97. The van der Waals surface area contributed by atoms with E-state index < -0.39 is 0 Å². The molecule has 2 N–H and O–H groups in total. The van der Waals surface area contributed by atoms with Gasteiger partial charge in [0.15, 0.2) is 23.3 Å². The van der Waals surface area contributed by atoms with Crippen LogP contribution in [0.1, 0.15) is 35.6 Å². The van der Waals surface area contributed by atoms with E-state index in [1.807, 2.05) is 30.3 Å². The minimum absolute atomic E-state index is 0.